The minimum Gasteiger partial charge on any atom is -0.481 e. The third-order valence-electron chi connectivity index (χ3n) is 3.89. The van der Waals surface area contributed by atoms with E-state index in [1.54, 1.807) is 4.90 Å². The first kappa shape index (κ1) is 11.4. The normalized spacial score (nSPS) is 32.2. The fraction of sp³-hybridized carbons (Fsp3) is 0.833. The molecular formula is C12H19NO3. The molecule has 1 aliphatic heterocycles. The molecule has 0 aromatic rings. The largest absolute Gasteiger partial charge is 0.481 e. The van der Waals surface area contributed by atoms with Gasteiger partial charge in [-0.1, -0.05) is 13.8 Å². The Labute approximate surface area is 95.6 Å². The molecule has 0 aromatic heterocycles. The standard InChI is InChI=1S/C12H19NO3/c1-12(2)6-9(12)10(14)13-5-3-4-8(7-13)11(15)16/h8-9H,3-7H2,1-2H3,(H,15,16)/t8-,9?/m1/s1. The molecule has 90 valence electrons. The number of carbonyl (C=O) groups is 2. The van der Waals surface area contributed by atoms with Crippen molar-refractivity contribution in [3.05, 3.63) is 0 Å². The number of aliphatic carboxylic acids is 1. The molecular weight excluding hydrogens is 206 g/mol. The van der Waals surface area contributed by atoms with Crippen LogP contribution in [0, 0.1) is 17.3 Å². The average molecular weight is 225 g/mol. The van der Waals surface area contributed by atoms with E-state index in [1.807, 2.05) is 0 Å². The molecule has 16 heavy (non-hydrogen) atoms. The van der Waals surface area contributed by atoms with Gasteiger partial charge in [0.05, 0.1) is 5.92 Å². The quantitative estimate of drug-likeness (QED) is 0.772. The van der Waals surface area contributed by atoms with Crippen molar-refractivity contribution in [2.45, 2.75) is 33.1 Å². The van der Waals surface area contributed by atoms with Crippen LogP contribution in [0.2, 0.25) is 0 Å². The number of nitrogens with zero attached hydrogens (tertiary/aromatic N) is 1. The SMILES string of the molecule is CC1(C)CC1C(=O)N1CCC[C@@H](C(=O)O)C1. The molecule has 0 spiro atoms. The van der Waals surface area contributed by atoms with Crippen LogP contribution in [0.3, 0.4) is 0 Å². The van der Waals surface area contributed by atoms with Gasteiger partial charge in [0.2, 0.25) is 5.91 Å². The fourth-order valence-corrected chi connectivity index (χ4v) is 2.49. The first-order valence-corrected chi connectivity index (χ1v) is 5.93. The van der Waals surface area contributed by atoms with Crippen LogP contribution in [0.25, 0.3) is 0 Å². The molecule has 1 saturated carbocycles. The van der Waals surface area contributed by atoms with Crippen molar-refractivity contribution >= 4 is 11.9 Å². The molecule has 0 aromatic carbocycles. The summed E-state index contributed by atoms with van der Waals surface area (Å²) in [4.78, 5) is 24.7. The molecule has 1 N–H and O–H groups in total. The van der Waals surface area contributed by atoms with E-state index >= 15 is 0 Å². The van der Waals surface area contributed by atoms with Crippen molar-refractivity contribution in [2.75, 3.05) is 13.1 Å². The molecule has 2 fully saturated rings. The van der Waals surface area contributed by atoms with Crippen molar-refractivity contribution in [1.82, 2.24) is 4.90 Å². The number of piperidine rings is 1. The van der Waals surface area contributed by atoms with Crippen LogP contribution in [-0.2, 0) is 9.59 Å². The van der Waals surface area contributed by atoms with Crippen LogP contribution in [0.1, 0.15) is 33.1 Å². The summed E-state index contributed by atoms with van der Waals surface area (Å²) in [5.41, 5.74) is 0.132. The van der Waals surface area contributed by atoms with Crippen LogP contribution in [-0.4, -0.2) is 35.0 Å². The number of hydrogen-bond donors (Lipinski definition) is 1. The van der Waals surface area contributed by atoms with Gasteiger partial charge in [0.25, 0.3) is 0 Å². The van der Waals surface area contributed by atoms with Crippen molar-refractivity contribution in [2.24, 2.45) is 17.3 Å². The molecule has 2 aliphatic rings. The van der Waals surface area contributed by atoms with Crippen LogP contribution >= 0.6 is 0 Å². The zero-order valence-electron chi connectivity index (χ0n) is 9.90. The lowest BCUT2D eigenvalue weighted by atomic mass is 9.97. The number of likely N-dealkylation sites (tertiary alicyclic amines) is 1. The third kappa shape index (κ3) is 2.06. The van der Waals surface area contributed by atoms with E-state index in [0.717, 1.165) is 19.4 Å². The smallest absolute Gasteiger partial charge is 0.308 e. The Balaban J connectivity index is 1.95. The van der Waals surface area contributed by atoms with Gasteiger partial charge < -0.3 is 10.0 Å². The summed E-state index contributed by atoms with van der Waals surface area (Å²) in [6.45, 7) is 5.32. The number of carbonyl (C=O) groups excluding carboxylic acids is 1. The van der Waals surface area contributed by atoms with Gasteiger partial charge in [-0.15, -0.1) is 0 Å². The molecule has 0 bridgehead atoms. The van der Waals surface area contributed by atoms with Crippen molar-refractivity contribution in [3.63, 3.8) is 0 Å². The maximum Gasteiger partial charge on any atom is 0.308 e. The Hall–Kier alpha value is -1.06. The Bertz CT molecular complexity index is 324. The van der Waals surface area contributed by atoms with Gasteiger partial charge in [-0.05, 0) is 24.7 Å². The summed E-state index contributed by atoms with van der Waals surface area (Å²) < 4.78 is 0. The van der Waals surface area contributed by atoms with Crippen molar-refractivity contribution in [1.29, 1.82) is 0 Å². The number of hydrogen-bond acceptors (Lipinski definition) is 2. The average Bonchev–Trinajstić information content (AvgIpc) is 2.87. The summed E-state index contributed by atoms with van der Waals surface area (Å²) in [5, 5.41) is 8.96. The van der Waals surface area contributed by atoms with Gasteiger partial charge in [0.1, 0.15) is 0 Å². The Kier molecular flexibility index (Phi) is 2.68. The summed E-state index contributed by atoms with van der Waals surface area (Å²) in [5.74, 6) is -0.844. The van der Waals surface area contributed by atoms with Crippen molar-refractivity contribution < 1.29 is 14.7 Å². The number of carboxylic acid groups (broad SMARTS) is 1. The lowest BCUT2D eigenvalue weighted by molar-refractivity contribution is -0.146. The molecule has 2 rings (SSSR count). The predicted octanol–water partition coefficient (Wildman–Crippen LogP) is 1.36. The lowest BCUT2D eigenvalue weighted by Gasteiger charge is -2.31. The molecule has 2 atom stereocenters. The van der Waals surface area contributed by atoms with Gasteiger partial charge in [-0.2, -0.15) is 0 Å². The van der Waals surface area contributed by atoms with Crippen LogP contribution in [0.5, 0.6) is 0 Å². The van der Waals surface area contributed by atoms with Crippen molar-refractivity contribution in [3.8, 4) is 0 Å². The second-order valence-electron chi connectivity index (χ2n) is 5.71. The highest BCUT2D eigenvalue weighted by molar-refractivity contribution is 5.83. The molecule has 1 saturated heterocycles. The van der Waals surface area contributed by atoms with Gasteiger partial charge in [0.15, 0.2) is 0 Å². The van der Waals surface area contributed by atoms with E-state index in [9.17, 15) is 9.59 Å². The Morgan fingerprint density at radius 2 is 2.00 bits per heavy atom. The van der Waals surface area contributed by atoms with Gasteiger partial charge >= 0.3 is 5.97 Å². The summed E-state index contributed by atoms with van der Waals surface area (Å²) >= 11 is 0. The van der Waals surface area contributed by atoms with E-state index in [0.29, 0.717) is 13.0 Å². The first-order chi connectivity index (χ1) is 7.42. The number of amides is 1. The summed E-state index contributed by atoms with van der Waals surface area (Å²) in [7, 11) is 0. The zero-order valence-corrected chi connectivity index (χ0v) is 9.90. The van der Waals surface area contributed by atoms with Gasteiger partial charge in [0, 0.05) is 19.0 Å². The van der Waals surface area contributed by atoms with E-state index in [-0.39, 0.29) is 23.2 Å². The summed E-state index contributed by atoms with van der Waals surface area (Å²) in [6, 6.07) is 0. The zero-order chi connectivity index (χ0) is 11.9. The van der Waals surface area contributed by atoms with E-state index in [4.69, 9.17) is 5.11 Å². The Morgan fingerprint density at radius 1 is 1.38 bits per heavy atom. The van der Waals surface area contributed by atoms with E-state index in [1.165, 1.54) is 0 Å². The van der Waals surface area contributed by atoms with E-state index in [2.05, 4.69) is 13.8 Å². The maximum absolute atomic E-state index is 12.1. The van der Waals surface area contributed by atoms with Crippen LogP contribution in [0.15, 0.2) is 0 Å². The lowest BCUT2D eigenvalue weighted by Crippen LogP contribution is -2.43. The molecule has 4 nitrogen and oxygen atoms in total. The van der Waals surface area contributed by atoms with Crippen LogP contribution < -0.4 is 0 Å². The van der Waals surface area contributed by atoms with Gasteiger partial charge in [-0.25, -0.2) is 0 Å². The Morgan fingerprint density at radius 3 is 2.50 bits per heavy atom. The third-order valence-corrected chi connectivity index (χ3v) is 3.89. The number of carboxylic acids is 1. The summed E-state index contributed by atoms with van der Waals surface area (Å²) in [6.07, 6.45) is 2.46. The van der Waals surface area contributed by atoms with Crippen LogP contribution in [0.4, 0.5) is 0 Å². The monoisotopic (exact) mass is 225 g/mol. The maximum atomic E-state index is 12.1. The minimum absolute atomic E-state index is 0.125. The fourth-order valence-electron chi connectivity index (χ4n) is 2.49. The van der Waals surface area contributed by atoms with Gasteiger partial charge in [-0.3, -0.25) is 9.59 Å². The molecule has 0 radical (unpaired) electrons. The molecule has 1 heterocycles. The second-order valence-corrected chi connectivity index (χ2v) is 5.71. The highest BCUT2D eigenvalue weighted by atomic mass is 16.4. The second kappa shape index (κ2) is 3.75. The minimum atomic E-state index is -0.771. The molecule has 1 unspecified atom stereocenters. The molecule has 1 aliphatic carbocycles. The topological polar surface area (TPSA) is 57.6 Å². The highest BCUT2D eigenvalue weighted by Gasteiger charge is 2.52. The predicted molar refractivity (Wildman–Crippen MR) is 58.8 cm³/mol. The molecule has 1 amide bonds. The first-order valence-electron chi connectivity index (χ1n) is 5.93. The highest BCUT2D eigenvalue weighted by Crippen LogP contribution is 2.52. The molecule has 4 heteroatoms. The number of rotatable bonds is 2. The van der Waals surface area contributed by atoms with E-state index < -0.39 is 5.97 Å².